The maximum Gasteiger partial charge on any atom is 0.128 e. The molecule has 0 unspecified atom stereocenters. The van der Waals surface area contributed by atoms with Gasteiger partial charge in [0.05, 0.1) is 0 Å². The second kappa shape index (κ2) is 10.2. The third kappa shape index (κ3) is 5.21. The van der Waals surface area contributed by atoms with Crippen molar-refractivity contribution in [3.63, 3.8) is 0 Å². The molecule has 0 atom stereocenters. The molecule has 1 fully saturated rings. The quantitative estimate of drug-likeness (QED) is 0.662. The van der Waals surface area contributed by atoms with Crippen LogP contribution in [0, 0.1) is 0 Å². The lowest BCUT2D eigenvalue weighted by Crippen LogP contribution is -2.44. The van der Waals surface area contributed by atoms with Crippen molar-refractivity contribution >= 4 is 40.3 Å². The van der Waals surface area contributed by atoms with Crippen LogP contribution in [0.15, 0.2) is 66.6 Å². The zero-order chi connectivity index (χ0) is 22.3. The number of allylic oxidation sites excluding steroid dienone is 1. The number of likely N-dealkylation sites (N-methyl/N-ethyl adjacent to an activating group) is 1. The normalized spacial score (nSPS) is 15.8. The molecule has 0 aliphatic carbocycles. The van der Waals surface area contributed by atoms with E-state index in [2.05, 4.69) is 80.1 Å². The fraction of sp³-hybridized carbons (Fsp3) is 0.269. The topological polar surface area (TPSA) is 56.6 Å². The molecule has 0 radical (unpaired) electrons. The number of piperazine rings is 1. The smallest absolute Gasteiger partial charge is 0.128 e. The highest BCUT2D eigenvalue weighted by molar-refractivity contribution is 5.90. The average Bonchev–Trinajstić information content (AvgIpc) is 3.39. The van der Waals surface area contributed by atoms with E-state index in [1.807, 2.05) is 37.9 Å². The Morgan fingerprint density at radius 3 is 2.47 bits per heavy atom. The first-order valence-corrected chi connectivity index (χ1v) is 11.0. The summed E-state index contributed by atoms with van der Waals surface area (Å²) in [5.41, 5.74) is 3.59. The number of fused-ring (bicyclic) bond motifs is 1. The Kier molecular flexibility index (Phi) is 6.92. The number of aromatic nitrogens is 2. The molecule has 2 aromatic heterocycles. The van der Waals surface area contributed by atoms with E-state index in [-0.39, 0.29) is 0 Å². The number of aliphatic imine (C=N–C) groups is 1. The van der Waals surface area contributed by atoms with Crippen molar-refractivity contribution in [2.45, 2.75) is 6.42 Å². The molecule has 5 rings (SSSR count). The van der Waals surface area contributed by atoms with Crippen molar-refractivity contribution in [2.24, 2.45) is 4.99 Å². The van der Waals surface area contributed by atoms with Crippen molar-refractivity contribution in [3.05, 3.63) is 72.7 Å². The lowest BCUT2D eigenvalue weighted by Gasteiger charge is -2.33. The first-order chi connectivity index (χ1) is 15.7. The molecule has 2 aliphatic rings. The Bertz CT molecular complexity index is 1120. The van der Waals surface area contributed by atoms with Gasteiger partial charge in [0.2, 0.25) is 0 Å². The van der Waals surface area contributed by atoms with Crippen LogP contribution >= 0.6 is 0 Å². The number of benzene rings is 1. The van der Waals surface area contributed by atoms with E-state index in [0.717, 1.165) is 55.2 Å². The van der Waals surface area contributed by atoms with Crippen LogP contribution < -0.4 is 10.2 Å². The van der Waals surface area contributed by atoms with E-state index in [9.17, 15) is 0 Å². The summed E-state index contributed by atoms with van der Waals surface area (Å²) in [4.78, 5) is 17.5. The summed E-state index contributed by atoms with van der Waals surface area (Å²) in [5.74, 6) is 1.97. The van der Waals surface area contributed by atoms with Gasteiger partial charge in [0.1, 0.15) is 11.6 Å². The molecule has 0 amide bonds. The van der Waals surface area contributed by atoms with Crippen molar-refractivity contribution in [3.8, 4) is 0 Å². The van der Waals surface area contributed by atoms with E-state index >= 15 is 0 Å². The summed E-state index contributed by atoms with van der Waals surface area (Å²) in [6.07, 6.45) is 10.4. The van der Waals surface area contributed by atoms with Gasteiger partial charge in [0.25, 0.3) is 0 Å². The van der Waals surface area contributed by atoms with Crippen LogP contribution in [-0.4, -0.2) is 61.4 Å². The van der Waals surface area contributed by atoms with Crippen LogP contribution in [0.3, 0.4) is 0 Å². The Labute approximate surface area is 190 Å². The van der Waals surface area contributed by atoms with Crippen molar-refractivity contribution in [2.75, 3.05) is 50.5 Å². The zero-order valence-electron chi connectivity index (χ0n) is 18.8. The predicted molar refractivity (Wildman–Crippen MR) is 136 cm³/mol. The number of rotatable bonds is 4. The molecule has 0 bridgehead atoms. The van der Waals surface area contributed by atoms with Crippen LogP contribution in [-0.2, 0) is 0 Å². The van der Waals surface area contributed by atoms with Crippen molar-refractivity contribution in [1.29, 1.82) is 0 Å². The fourth-order valence-corrected chi connectivity index (χ4v) is 3.76. The highest BCUT2D eigenvalue weighted by Crippen LogP contribution is 2.25. The highest BCUT2D eigenvalue weighted by atomic mass is 15.3. The second-order valence-electron chi connectivity index (χ2n) is 8.02. The van der Waals surface area contributed by atoms with E-state index in [1.54, 1.807) is 0 Å². The Morgan fingerprint density at radius 1 is 0.969 bits per heavy atom. The summed E-state index contributed by atoms with van der Waals surface area (Å²) >= 11 is 0. The first kappa shape index (κ1) is 21.7. The van der Waals surface area contributed by atoms with Crippen molar-refractivity contribution in [1.82, 2.24) is 14.9 Å². The van der Waals surface area contributed by atoms with Gasteiger partial charge in [-0.3, -0.25) is 4.99 Å². The van der Waals surface area contributed by atoms with Crippen LogP contribution in [0.1, 0.15) is 17.5 Å². The molecular formula is C26H30N6. The van der Waals surface area contributed by atoms with Gasteiger partial charge in [-0.05, 0) is 53.4 Å². The van der Waals surface area contributed by atoms with Gasteiger partial charge in [-0.15, -0.1) is 0 Å². The van der Waals surface area contributed by atoms with Crippen LogP contribution in [0.2, 0.25) is 0 Å². The summed E-state index contributed by atoms with van der Waals surface area (Å²) in [6.45, 7) is 8.09. The lowest BCUT2D eigenvalue weighted by atomic mass is 10.0. The van der Waals surface area contributed by atoms with Gasteiger partial charge in [0, 0.05) is 69.8 Å². The molecule has 0 spiro atoms. The summed E-state index contributed by atoms with van der Waals surface area (Å²) in [5, 5.41) is 5.42. The zero-order valence-corrected chi connectivity index (χ0v) is 18.8. The van der Waals surface area contributed by atoms with E-state index in [4.69, 9.17) is 0 Å². The maximum atomic E-state index is 4.43. The molecule has 2 aliphatic heterocycles. The van der Waals surface area contributed by atoms with Crippen molar-refractivity contribution < 1.29 is 0 Å². The Hall–Kier alpha value is -3.51. The van der Waals surface area contributed by atoms with Crippen LogP contribution in [0.25, 0.3) is 22.4 Å². The molecule has 1 aromatic carbocycles. The third-order valence-electron chi connectivity index (χ3n) is 5.83. The minimum atomic E-state index is 0.895. The SMILES string of the molecule is C=Cc1ccc(N2CCN(C)CC2)nc1.CNc1cc2cc(C3=CN=CC3)ccc2cn1. The second-order valence-corrected chi connectivity index (χ2v) is 8.02. The Balaban J connectivity index is 0.000000155. The monoisotopic (exact) mass is 426 g/mol. The molecule has 32 heavy (non-hydrogen) atoms. The lowest BCUT2D eigenvalue weighted by molar-refractivity contribution is 0.312. The molecular weight excluding hydrogens is 396 g/mol. The van der Waals surface area contributed by atoms with E-state index < -0.39 is 0 Å². The minimum absolute atomic E-state index is 0.895. The summed E-state index contributed by atoms with van der Waals surface area (Å²) in [6, 6.07) is 12.6. The standard InChI is InChI=1S/C14H13N3.C12H17N3/c1-15-14-7-13-6-10(12-4-5-16-8-12)2-3-11(13)9-17-14;1-3-11-4-5-12(13-10-11)15-8-6-14(2)7-9-15/h2-3,5-9H,4H2,1H3,(H,15,17);3-5,10H,1,6-9H2,2H3. The van der Waals surface area contributed by atoms with Gasteiger partial charge in [-0.1, -0.05) is 24.8 Å². The summed E-state index contributed by atoms with van der Waals surface area (Å²) in [7, 11) is 4.04. The number of hydrogen-bond donors (Lipinski definition) is 1. The molecule has 0 saturated carbocycles. The average molecular weight is 427 g/mol. The summed E-state index contributed by atoms with van der Waals surface area (Å²) < 4.78 is 0. The molecule has 1 N–H and O–H groups in total. The van der Waals surface area contributed by atoms with Gasteiger partial charge < -0.3 is 15.1 Å². The molecule has 4 heterocycles. The number of pyridine rings is 2. The van der Waals surface area contributed by atoms with E-state index in [1.165, 1.54) is 16.5 Å². The van der Waals surface area contributed by atoms with Crippen LogP contribution in [0.4, 0.5) is 11.6 Å². The molecule has 164 valence electrons. The first-order valence-electron chi connectivity index (χ1n) is 11.0. The third-order valence-corrected chi connectivity index (χ3v) is 5.83. The van der Waals surface area contributed by atoms with Gasteiger partial charge in [-0.2, -0.15) is 0 Å². The van der Waals surface area contributed by atoms with Gasteiger partial charge in [-0.25, -0.2) is 9.97 Å². The number of nitrogens with zero attached hydrogens (tertiary/aromatic N) is 5. The van der Waals surface area contributed by atoms with Gasteiger partial charge in [0.15, 0.2) is 0 Å². The van der Waals surface area contributed by atoms with Gasteiger partial charge >= 0.3 is 0 Å². The fourth-order valence-electron chi connectivity index (χ4n) is 3.76. The molecule has 3 aromatic rings. The Morgan fingerprint density at radius 2 is 1.81 bits per heavy atom. The molecule has 1 saturated heterocycles. The minimum Gasteiger partial charge on any atom is -0.373 e. The molecule has 6 nitrogen and oxygen atoms in total. The maximum absolute atomic E-state index is 4.43. The predicted octanol–water partition coefficient (Wildman–Crippen LogP) is 4.57. The number of hydrogen-bond acceptors (Lipinski definition) is 6. The van der Waals surface area contributed by atoms with Crippen LogP contribution in [0.5, 0.6) is 0 Å². The number of nitrogens with one attached hydrogen (secondary N) is 1. The largest absolute Gasteiger partial charge is 0.373 e. The number of anilines is 2. The highest BCUT2D eigenvalue weighted by Gasteiger charge is 2.14. The molecule has 6 heteroatoms. The van der Waals surface area contributed by atoms with E-state index in [0.29, 0.717) is 0 Å².